The van der Waals surface area contributed by atoms with Gasteiger partial charge in [0.2, 0.25) is 0 Å². The van der Waals surface area contributed by atoms with E-state index in [1.165, 1.54) is 0 Å². The molecular weight excluding hydrogens is 126 g/mol. The third-order valence-electron chi connectivity index (χ3n) is 2.42. The summed E-state index contributed by atoms with van der Waals surface area (Å²) in [4.78, 5) is 0. The van der Waals surface area contributed by atoms with Crippen molar-refractivity contribution in [1.29, 1.82) is 0 Å². The zero-order valence-electron chi connectivity index (χ0n) is 4.85. The molecule has 0 amide bonds. The summed E-state index contributed by atoms with van der Waals surface area (Å²) >= 11 is 0. The van der Waals surface area contributed by atoms with E-state index in [0.717, 1.165) is 0 Å². The molecule has 0 unspecified atom stereocenters. The summed E-state index contributed by atoms with van der Waals surface area (Å²) in [6.07, 6.45) is 0.189. The molecule has 0 aromatic carbocycles. The summed E-state index contributed by atoms with van der Waals surface area (Å²) < 4.78 is 24.6. The van der Waals surface area contributed by atoms with Crippen molar-refractivity contribution in [1.82, 2.24) is 0 Å². The van der Waals surface area contributed by atoms with Gasteiger partial charge in [0.1, 0.15) is 0 Å². The molecule has 2 aliphatic carbocycles. The van der Waals surface area contributed by atoms with E-state index in [9.17, 15) is 8.78 Å². The second-order valence-electron chi connectivity index (χ2n) is 3.01. The molecule has 3 heteroatoms. The Morgan fingerprint density at radius 1 is 1.22 bits per heavy atom. The van der Waals surface area contributed by atoms with Gasteiger partial charge in [-0.3, -0.25) is 0 Å². The first kappa shape index (κ1) is 5.59. The van der Waals surface area contributed by atoms with Gasteiger partial charge in [-0.1, -0.05) is 0 Å². The first-order valence-electron chi connectivity index (χ1n) is 3.18. The molecule has 1 N–H and O–H groups in total. The summed E-state index contributed by atoms with van der Waals surface area (Å²) in [7, 11) is 0. The van der Waals surface area contributed by atoms with Crippen molar-refractivity contribution in [3.05, 3.63) is 0 Å². The van der Waals surface area contributed by atoms with Crippen molar-refractivity contribution >= 4 is 0 Å². The number of halogens is 2. The van der Waals surface area contributed by atoms with Gasteiger partial charge in [0.05, 0.1) is 6.10 Å². The predicted octanol–water partition coefficient (Wildman–Crippen LogP) is 1.02. The zero-order valence-corrected chi connectivity index (χ0v) is 4.85. The van der Waals surface area contributed by atoms with Crippen LogP contribution in [-0.4, -0.2) is 17.1 Å². The Labute approximate surface area is 51.7 Å². The summed E-state index contributed by atoms with van der Waals surface area (Å²) in [5, 5.41) is 8.83. The van der Waals surface area contributed by atoms with Gasteiger partial charge in [-0.15, -0.1) is 0 Å². The van der Waals surface area contributed by atoms with Crippen LogP contribution in [-0.2, 0) is 0 Å². The summed E-state index contributed by atoms with van der Waals surface area (Å²) in [6.45, 7) is 0. The number of aliphatic hydroxyl groups is 1. The fourth-order valence-corrected chi connectivity index (χ4v) is 1.79. The van der Waals surface area contributed by atoms with Gasteiger partial charge in [-0.2, -0.15) is 0 Å². The standard InChI is InChI=1S/C6H8F2O/c7-6(8)4-1-3(9)2-5(4)6/h3-5,9H,1-2H2/t4-,5-/m1/s1. The molecule has 0 bridgehead atoms. The van der Waals surface area contributed by atoms with Crippen LogP contribution in [0, 0.1) is 11.8 Å². The third kappa shape index (κ3) is 0.556. The van der Waals surface area contributed by atoms with E-state index >= 15 is 0 Å². The van der Waals surface area contributed by atoms with Crippen molar-refractivity contribution in [2.24, 2.45) is 11.8 Å². The van der Waals surface area contributed by atoms with Gasteiger partial charge in [-0.25, -0.2) is 8.78 Å². The van der Waals surface area contributed by atoms with Crippen LogP contribution in [0.2, 0.25) is 0 Å². The minimum absolute atomic E-state index is 0.317. The van der Waals surface area contributed by atoms with Gasteiger partial charge in [0.25, 0.3) is 5.92 Å². The highest BCUT2D eigenvalue weighted by atomic mass is 19.3. The lowest BCUT2D eigenvalue weighted by atomic mass is 10.2. The molecule has 0 aromatic rings. The quantitative estimate of drug-likeness (QED) is 0.524. The molecule has 0 heterocycles. The highest BCUT2D eigenvalue weighted by Gasteiger charge is 2.71. The average Bonchev–Trinajstić information content (AvgIpc) is 2.27. The van der Waals surface area contributed by atoms with Crippen LogP contribution in [0.5, 0.6) is 0 Å². The molecule has 2 atom stereocenters. The minimum atomic E-state index is -2.42. The fourth-order valence-electron chi connectivity index (χ4n) is 1.79. The van der Waals surface area contributed by atoms with E-state index in [1.54, 1.807) is 0 Å². The largest absolute Gasteiger partial charge is 0.393 e. The van der Waals surface area contributed by atoms with Crippen LogP contribution >= 0.6 is 0 Å². The predicted molar refractivity (Wildman–Crippen MR) is 27.2 cm³/mol. The molecule has 2 aliphatic rings. The van der Waals surface area contributed by atoms with Crippen LogP contribution in [0.25, 0.3) is 0 Å². The number of aliphatic hydroxyl groups excluding tert-OH is 1. The molecule has 2 rings (SSSR count). The Balaban J connectivity index is 2.06. The summed E-state index contributed by atoms with van der Waals surface area (Å²) in [6, 6.07) is 0. The van der Waals surface area contributed by atoms with Gasteiger partial charge >= 0.3 is 0 Å². The number of fused-ring (bicyclic) bond motifs is 1. The molecular formula is C6H8F2O. The lowest BCUT2D eigenvalue weighted by Gasteiger charge is -2.05. The smallest absolute Gasteiger partial charge is 0.254 e. The Morgan fingerprint density at radius 3 is 2.00 bits per heavy atom. The minimum Gasteiger partial charge on any atom is -0.393 e. The maximum absolute atomic E-state index is 12.3. The fraction of sp³-hybridized carbons (Fsp3) is 1.00. The third-order valence-corrected chi connectivity index (χ3v) is 2.42. The number of hydrogen-bond acceptors (Lipinski definition) is 1. The highest BCUT2D eigenvalue weighted by Crippen LogP contribution is 2.63. The Hall–Kier alpha value is -0.180. The molecule has 52 valence electrons. The van der Waals surface area contributed by atoms with E-state index in [1.807, 2.05) is 0 Å². The maximum Gasteiger partial charge on any atom is 0.254 e. The molecule has 0 saturated heterocycles. The Morgan fingerprint density at radius 2 is 1.67 bits per heavy atom. The molecule has 1 nitrogen and oxygen atoms in total. The van der Waals surface area contributed by atoms with Gasteiger partial charge in [0.15, 0.2) is 0 Å². The highest BCUT2D eigenvalue weighted by molar-refractivity contribution is 5.11. The second-order valence-corrected chi connectivity index (χ2v) is 3.01. The van der Waals surface area contributed by atoms with Gasteiger partial charge in [-0.05, 0) is 12.8 Å². The van der Waals surface area contributed by atoms with Crippen LogP contribution in [0.1, 0.15) is 12.8 Å². The van der Waals surface area contributed by atoms with Crippen LogP contribution < -0.4 is 0 Å². The average molecular weight is 134 g/mol. The normalized spacial score (nSPS) is 47.0. The van der Waals surface area contributed by atoms with E-state index in [2.05, 4.69) is 0 Å². The van der Waals surface area contributed by atoms with E-state index < -0.39 is 23.9 Å². The van der Waals surface area contributed by atoms with Crippen molar-refractivity contribution in [3.8, 4) is 0 Å². The molecule has 2 fully saturated rings. The Kier molecular flexibility index (Phi) is 0.799. The van der Waals surface area contributed by atoms with Crippen molar-refractivity contribution in [2.45, 2.75) is 24.9 Å². The zero-order chi connectivity index (χ0) is 6.65. The monoisotopic (exact) mass is 134 g/mol. The van der Waals surface area contributed by atoms with E-state index in [0.29, 0.717) is 12.8 Å². The first-order valence-corrected chi connectivity index (χ1v) is 3.18. The maximum atomic E-state index is 12.3. The summed E-state index contributed by atoms with van der Waals surface area (Å²) in [5.41, 5.74) is 0. The lowest BCUT2D eigenvalue weighted by molar-refractivity contribution is 0.0406. The van der Waals surface area contributed by atoms with Gasteiger partial charge < -0.3 is 5.11 Å². The SMILES string of the molecule is OC1C[C@@H]2[C@@H](C1)C2(F)F. The van der Waals surface area contributed by atoms with Gasteiger partial charge in [0, 0.05) is 11.8 Å². The molecule has 0 aliphatic heterocycles. The van der Waals surface area contributed by atoms with Crippen LogP contribution in [0.4, 0.5) is 8.78 Å². The molecule has 0 aromatic heterocycles. The number of hydrogen-bond donors (Lipinski definition) is 1. The van der Waals surface area contributed by atoms with E-state index in [4.69, 9.17) is 5.11 Å². The number of alkyl halides is 2. The molecule has 0 radical (unpaired) electrons. The topological polar surface area (TPSA) is 20.2 Å². The second kappa shape index (κ2) is 1.29. The van der Waals surface area contributed by atoms with Crippen molar-refractivity contribution in [3.63, 3.8) is 0 Å². The first-order chi connectivity index (χ1) is 4.12. The van der Waals surface area contributed by atoms with Crippen LogP contribution in [0.15, 0.2) is 0 Å². The number of rotatable bonds is 0. The molecule has 2 saturated carbocycles. The van der Waals surface area contributed by atoms with E-state index in [-0.39, 0.29) is 0 Å². The van der Waals surface area contributed by atoms with Crippen molar-refractivity contribution < 1.29 is 13.9 Å². The summed E-state index contributed by atoms with van der Waals surface area (Å²) in [5.74, 6) is -3.38. The molecule has 9 heavy (non-hydrogen) atoms. The molecule has 0 spiro atoms. The Bertz CT molecular complexity index is 132. The van der Waals surface area contributed by atoms with Crippen LogP contribution in [0.3, 0.4) is 0 Å². The lowest BCUT2D eigenvalue weighted by Crippen LogP contribution is -2.10. The van der Waals surface area contributed by atoms with Crippen molar-refractivity contribution in [2.75, 3.05) is 0 Å².